The average Bonchev–Trinajstić information content (AvgIpc) is 2.71. The first-order chi connectivity index (χ1) is 9.01. The van der Waals surface area contributed by atoms with E-state index in [0.717, 1.165) is 33.5 Å². The number of benzene rings is 1. The molecule has 102 valence electrons. The summed E-state index contributed by atoms with van der Waals surface area (Å²) in [4.78, 5) is 0. The average molecular weight is 324 g/mol. The molecule has 1 unspecified atom stereocenters. The van der Waals surface area contributed by atoms with Crippen molar-refractivity contribution in [2.24, 2.45) is 12.8 Å². The van der Waals surface area contributed by atoms with Crippen LogP contribution in [0.15, 0.2) is 28.9 Å². The van der Waals surface area contributed by atoms with Gasteiger partial charge in [0.1, 0.15) is 5.75 Å². The molecule has 2 rings (SSSR count). The Labute approximate surface area is 121 Å². The highest BCUT2D eigenvalue weighted by Gasteiger charge is 2.14. The van der Waals surface area contributed by atoms with E-state index in [2.05, 4.69) is 21.0 Å². The molecule has 0 aliphatic rings. The smallest absolute Gasteiger partial charge is 0.119 e. The topological polar surface area (TPSA) is 53.1 Å². The van der Waals surface area contributed by atoms with Crippen LogP contribution in [0.3, 0.4) is 0 Å². The molecule has 0 aliphatic heterocycles. The minimum Gasteiger partial charge on any atom is -0.497 e. The monoisotopic (exact) mass is 323 g/mol. The second-order valence-corrected chi connectivity index (χ2v) is 5.47. The molecule has 2 N–H and O–H groups in total. The molecule has 0 radical (unpaired) electrons. The van der Waals surface area contributed by atoms with Crippen LogP contribution in [0.25, 0.3) is 0 Å². The van der Waals surface area contributed by atoms with Gasteiger partial charge in [0, 0.05) is 29.3 Å². The summed E-state index contributed by atoms with van der Waals surface area (Å²) in [5.41, 5.74) is 9.48. The van der Waals surface area contributed by atoms with Gasteiger partial charge in [-0.1, -0.05) is 15.9 Å². The Balaban J connectivity index is 2.23. The van der Waals surface area contributed by atoms with Crippen molar-refractivity contribution in [3.05, 3.63) is 45.7 Å². The van der Waals surface area contributed by atoms with E-state index in [0.29, 0.717) is 0 Å². The van der Waals surface area contributed by atoms with Gasteiger partial charge in [-0.15, -0.1) is 0 Å². The lowest BCUT2D eigenvalue weighted by Gasteiger charge is -2.13. The van der Waals surface area contributed by atoms with Gasteiger partial charge in [-0.2, -0.15) is 5.10 Å². The highest BCUT2D eigenvalue weighted by Crippen LogP contribution is 2.27. The number of ether oxygens (including phenoxy) is 1. The zero-order valence-corrected chi connectivity index (χ0v) is 12.9. The van der Waals surface area contributed by atoms with Gasteiger partial charge >= 0.3 is 0 Å². The fourth-order valence-corrected chi connectivity index (χ4v) is 2.57. The minimum atomic E-state index is -0.0721. The number of methoxy groups -OCH3 is 1. The third-order valence-corrected chi connectivity index (χ3v) is 3.92. The maximum absolute atomic E-state index is 6.29. The number of nitrogens with zero attached hydrogens (tertiary/aromatic N) is 2. The van der Waals surface area contributed by atoms with Crippen molar-refractivity contribution in [3.63, 3.8) is 0 Å². The molecule has 0 bridgehead atoms. The van der Waals surface area contributed by atoms with Gasteiger partial charge in [-0.05, 0) is 37.1 Å². The Morgan fingerprint density at radius 1 is 1.47 bits per heavy atom. The summed E-state index contributed by atoms with van der Waals surface area (Å²) in [5.74, 6) is 0.841. The van der Waals surface area contributed by atoms with Crippen molar-refractivity contribution in [1.82, 2.24) is 9.78 Å². The minimum absolute atomic E-state index is 0.0721. The van der Waals surface area contributed by atoms with E-state index in [1.165, 1.54) is 0 Å². The quantitative estimate of drug-likeness (QED) is 0.941. The van der Waals surface area contributed by atoms with Crippen molar-refractivity contribution in [1.29, 1.82) is 0 Å². The third-order valence-electron chi connectivity index (χ3n) is 3.14. The number of aromatic nitrogens is 2. The predicted molar refractivity (Wildman–Crippen MR) is 79.3 cm³/mol. The molecule has 0 amide bonds. The molecule has 1 heterocycles. The van der Waals surface area contributed by atoms with E-state index in [-0.39, 0.29) is 6.04 Å². The first-order valence-electron chi connectivity index (χ1n) is 6.09. The van der Waals surface area contributed by atoms with Gasteiger partial charge in [-0.25, -0.2) is 0 Å². The molecule has 5 heteroatoms. The third kappa shape index (κ3) is 3.16. The lowest BCUT2D eigenvalue weighted by Crippen LogP contribution is -2.14. The molecule has 0 spiro atoms. The highest BCUT2D eigenvalue weighted by atomic mass is 79.9. The summed E-state index contributed by atoms with van der Waals surface area (Å²) < 4.78 is 8.09. The summed E-state index contributed by atoms with van der Waals surface area (Å²) in [5, 5.41) is 4.33. The number of rotatable bonds is 4. The fourth-order valence-electron chi connectivity index (χ4n) is 2.16. The Morgan fingerprint density at radius 2 is 2.21 bits per heavy atom. The fraction of sp³-hybridized carbons (Fsp3) is 0.357. The van der Waals surface area contributed by atoms with Crippen molar-refractivity contribution in [2.75, 3.05) is 7.11 Å². The van der Waals surface area contributed by atoms with Crippen molar-refractivity contribution in [2.45, 2.75) is 19.4 Å². The van der Waals surface area contributed by atoms with Crippen LogP contribution in [0.5, 0.6) is 5.75 Å². The molecule has 2 aromatic rings. The Hall–Kier alpha value is -1.33. The van der Waals surface area contributed by atoms with Gasteiger partial charge in [0.2, 0.25) is 0 Å². The normalized spacial score (nSPS) is 12.5. The van der Waals surface area contributed by atoms with Crippen LogP contribution >= 0.6 is 15.9 Å². The molecule has 1 atom stereocenters. The number of hydrogen-bond donors (Lipinski definition) is 1. The lowest BCUT2D eigenvalue weighted by atomic mass is 10.0. The van der Waals surface area contributed by atoms with Crippen LogP contribution in [0.1, 0.15) is 22.9 Å². The van der Waals surface area contributed by atoms with Gasteiger partial charge in [0.15, 0.2) is 0 Å². The number of aryl methyl sites for hydroxylation is 2. The summed E-state index contributed by atoms with van der Waals surface area (Å²) in [6.45, 7) is 1.98. The molecule has 0 saturated carbocycles. The predicted octanol–water partition coefficient (Wildman–Crippen LogP) is 2.74. The second-order valence-electron chi connectivity index (χ2n) is 4.61. The van der Waals surface area contributed by atoms with E-state index in [1.807, 2.05) is 38.4 Å². The Kier molecular flexibility index (Phi) is 4.27. The summed E-state index contributed by atoms with van der Waals surface area (Å²) in [6.07, 6.45) is 2.72. The van der Waals surface area contributed by atoms with Crippen LogP contribution in [0.4, 0.5) is 0 Å². The summed E-state index contributed by atoms with van der Waals surface area (Å²) in [7, 11) is 3.57. The molecule has 4 nitrogen and oxygen atoms in total. The second kappa shape index (κ2) is 5.75. The van der Waals surface area contributed by atoms with Crippen LogP contribution in [0.2, 0.25) is 0 Å². The van der Waals surface area contributed by atoms with E-state index in [1.54, 1.807) is 11.8 Å². The molecular weight excluding hydrogens is 306 g/mol. The van der Waals surface area contributed by atoms with Gasteiger partial charge in [0.05, 0.1) is 12.8 Å². The van der Waals surface area contributed by atoms with Gasteiger partial charge in [0.25, 0.3) is 0 Å². The maximum Gasteiger partial charge on any atom is 0.119 e. The largest absolute Gasteiger partial charge is 0.497 e. The Bertz CT molecular complexity index is 580. The van der Waals surface area contributed by atoms with Crippen LogP contribution in [-0.2, 0) is 13.5 Å². The van der Waals surface area contributed by atoms with E-state index >= 15 is 0 Å². The first kappa shape index (κ1) is 14.1. The molecule has 0 aliphatic carbocycles. The number of nitrogens with two attached hydrogens (primary N) is 1. The van der Waals surface area contributed by atoms with E-state index in [4.69, 9.17) is 10.5 Å². The maximum atomic E-state index is 6.29. The van der Waals surface area contributed by atoms with Crippen LogP contribution in [0, 0.1) is 6.92 Å². The lowest BCUT2D eigenvalue weighted by molar-refractivity contribution is 0.414. The molecule has 0 saturated heterocycles. The van der Waals surface area contributed by atoms with E-state index in [9.17, 15) is 0 Å². The van der Waals surface area contributed by atoms with Crippen molar-refractivity contribution < 1.29 is 4.74 Å². The van der Waals surface area contributed by atoms with Gasteiger partial charge < -0.3 is 10.5 Å². The summed E-state index contributed by atoms with van der Waals surface area (Å²) in [6, 6.07) is 5.85. The zero-order valence-electron chi connectivity index (χ0n) is 11.4. The Morgan fingerprint density at radius 3 is 2.79 bits per heavy atom. The highest BCUT2D eigenvalue weighted by molar-refractivity contribution is 9.10. The molecule has 0 fully saturated rings. The van der Waals surface area contributed by atoms with Crippen molar-refractivity contribution in [3.8, 4) is 5.75 Å². The van der Waals surface area contributed by atoms with Crippen LogP contribution < -0.4 is 10.5 Å². The van der Waals surface area contributed by atoms with Crippen molar-refractivity contribution >= 4 is 15.9 Å². The van der Waals surface area contributed by atoms with Crippen LogP contribution in [-0.4, -0.2) is 16.9 Å². The van der Waals surface area contributed by atoms with E-state index < -0.39 is 0 Å². The molecule has 1 aromatic heterocycles. The number of halogens is 1. The molecule has 19 heavy (non-hydrogen) atoms. The van der Waals surface area contributed by atoms with Gasteiger partial charge in [-0.3, -0.25) is 4.68 Å². The molecular formula is C14H18BrN3O. The summed E-state index contributed by atoms with van der Waals surface area (Å²) >= 11 is 3.55. The number of hydrogen-bond acceptors (Lipinski definition) is 3. The molecule has 1 aromatic carbocycles. The zero-order chi connectivity index (χ0) is 14.0. The standard InChI is InChI=1S/C14H18BrN3O/c1-9-12(8-18(2)17-9)14(16)7-10-6-11(19-3)4-5-13(10)15/h4-6,8,14H,7,16H2,1-3H3. The SMILES string of the molecule is COc1ccc(Br)c(CC(N)c2cn(C)nc2C)c1. The first-order valence-corrected chi connectivity index (χ1v) is 6.88.